The lowest BCUT2D eigenvalue weighted by molar-refractivity contribution is 0.0694. The average Bonchev–Trinajstić information content (AvgIpc) is 3.07. The monoisotopic (exact) mass is 469 g/mol. The van der Waals surface area contributed by atoms with Crippen molar-refractivity contribution >= 4 is 29.9 Å². The third-order valence-electron chi connectivity index (χ3n) is 4.19. The largest absolute Gasteiger partial charge is 0.487 e. The van der Waals surface area contributed by atoms with Crippen LogP contribution >= 0.6 is 24.0 Å². The zero-order valence-corrected chi connectivity index (χ0v) is 17.9. The van der Waals surface area contributed by atoms with Crippen molar-refractivity contribution in [2.24, 2.45) is 4.99 Å². The minimum Gasteiger partial charge on any atom is -0.487 e. The normalized spacial score (nSPS) is 18.3. The highest BCUT2D eigenvalue weighted by atomic mass is 127. The van der Waals surface area contributed by atoms with Gasteiger partial charge >= 0.3 is 0 Å². The van der Waals surface area contributed by atoms with E-state index in [-0.39, 0.29) is 35.6 Å². The fourth-order valence-electron chi connectivity index (χ4n) is 3.11. The summed E-state index contributed by atoms with van der Waals surface area (Å²) in [5.74, 6) is 1.77. The van der Waals surface area contributed by atoms with Crippen LogP contribution in [0, 0.1) is 0 Å². The SMILES string of the molecule is CCNC(=NCCn1cccn1)NC1CC(C)(C)Oc2ccccc21.I. The Labute approximate surface area is 172 Å². The van der Waals surface area contributed by atoms with Crippen LogP contribution in [0.15, 0.2) is 47.7 Å². The molecule has 2 heterocycles. The minimum absolute atomic E-state index is 0. The minimum atomic E-state index is -0.210. The van der Waals surface area contributed by atoms with Gasteiger partial charge < -0.3 is 15.4 Å². The summed E-state index contributed by atoms with van der Waals surface area (Å²) in [6, 6.07) is 10.3. The summed E-state index contributed by atoms with van der Waals surface area (Å²) in [5, 5.41) is 11.1. The maximum absolute atomic E-state index is 6.11. The van der Waals surface area contributed by atoms with E-state index < -0.39 is 0 Å². The third kappa shape index (κ3) is 5.36. The Hall–Kier alpha value is -1.77. The van der Waals surface area contributed by atoms with E-state index in [0.29, 0.717) is 6.54 Å². The highest BCUT2D eigenvalue weighted by molar-refractivity contribution is 14.0. The van der Waals surface area contributed by atoms with Crippen molar-refractivity contribution in [3.63, 3.8) is 0 Å². The molecule has 26 heavy (non-hydrogen) atoms. The lowest BCUT2D eigenvalue weighted by Gasteiger charge is -2.38. The first kappa shape index (κ1) is 20.5. The van der Waals surface area contributed by atoms with Gasteiger partial charge in [0.15, 0.2) is 5.96 Å². The van der Waals surface area contributed by atoms with E-state index in [1.807, 2.05) is 29.1 Å². The first-order valence-corrected chi connectivity index (χ1v) is 8.87. The van der Waals surface area contributed by atoms with Crippen molar-refractivity contribution in [2.75, 3.05) is 13.1 Å². The van der Waals surface area contributed by atoms with E-state index in [1.165, 1.54) is 5.56 Å². The molecule has 2 N–H and O–H groups in total. The van der Waals surface area contributed by atoms with Crippen LogP contribution in [0.25, 0.3) is 0 Å². The van der Waals surface area contributed by atoms with Gasteiger partial charge in [-0.2, -0.15) is 5.10 Å². The van der Waals surface area contributed by atoms with E-state index >= 15 is 0 Å². The molecular weight excluding hydrogens is 441 g/mol. The molecule has 1 unspecified atom stereocenters. The molecule has 142 valence electrons. The molecule has 0 saturated carbocycles. The zero-order valence-electron chi connectivity index (χ0n) is 15.6. The molecule has 0 fully saturated rings. The summed E-state index contributed by atoms with van der Waals surface area (Å²) in [6.45, 7) is 8.58. The third-order valence-corrected chi connectivity index (χ3v) is 4.19. The Morgan fingerprint density at radius 1 is 1.35 bits per heavy atom. The fraction of sp³-hybridized carbons (Fsp3) is 0.474. The Bertz CT molecular complexity index is 714. The van der Waals surface area contributed by atoms with Crippen LogP contribution in [0.1, 0.15) is 38.8 Å². The fourth-order valence-corrected chi connectivity index (χ4v) is 3.11. The van der Waals surface area contributed by atoms with Crippen LogP contribution in [-0.2, 0) is 6.54 Å². The van der Waals surface area contributed by atoms with Crippen LogP contribution in [0.4, 0.5) is 0 Å². The van der Waals surface area contributed by atoms with E-state index in [4.69, 9.17) is 9.73 Å². The van der Waals surface area contributed by atoms with Crippen molar-refractivity contribution in [1.82, 2.24) is 20.4 Å². The number of nitrogens with one attached hydrogen (secondary N) is 2. The molecule has 0 aliphatic carbocycles. The molecule has 3 rings (SSSR count). The molecule has 1 aliphatic rings. The maximum atomic E-state index is 6.11. The summed E-state index contributed by atoms with van der Waals surface area (Å²) < 4.78 is 8.00. The van der Waals surface area contributed by atoms with Crippen LogP contribution in [0.5, 0.6) is 5.75 Å². The number of rotatable bonds is 5. The summed E-state index contributed by atoms with van der Waals surface area (Å²) in [6.07, 6.45) is 4.62. The standard InChI is InChI=1S/C19H27N5O.HI/c1-4-20-18(21-11-13-24-12-7-10-22-24)23-16-14-19(2,3)25-17-9-6-5-8-15(16)17;/h5-10,12,16H,4,11,13-14H2,1-3H3,(H2,20,21,23);1H. The number of benzene rings is 1. The van der Waals surface area contributed by atoms with Crippen molar-refractivity contribution in [3.05, 3.63) is 48.3 Å². The summed E-state index contributed by atoms with van der Waals surface area (Å²) in [4.78, 5) is 4.70. The lowest BCUT2D eigenvalue weighted by Crippen LogP contribution is -2.45. The number of aromatic nitrogens is 2. The molecule has 1 aromatic heterocycles. The predicted molar refractivity (Wildman–Crippen MR) is 115 cm³/mol. The van der Waals surface area contributed by atoms with Gasteiger partial charge in [0.05, 0.1) is 19.1 Å². The number of hydrogen-bond donors (Lipinski definition) is 2. The summed E-state index contributed by atoms with van der Waals surface area (Å²) >= 11 is 0. The lowest BCUT2D eigenvalue weighted by atomic mass is 9.90. The van der Waals surface area contributed by atoms with Crippen molar-refractivity contribution in [1.29, 1.82) is 0 Å². The molecule has 0 amide bonds. The smallest absolute Gasteiger partial charge is 0.191 e. The second-order valence-electron chi connectivity index (χ2n) is 6.83. The van der Waals surface area contributed by atoms with E-state index in [1.54, 1.807) is 6.20 Å². The number of hydrogen-bond acceptors (Lipinski definition) is 3. The number of nitrogens with zero attached hydrogens (tertiary/aromatic N) is 3. The average molecular weight is 469 g/mol. The molecule has 1 aliphatic heterocycles. The highest BCUT2D eigenvalue weighted by Gasteiger charge is 2.33. The summed E-state index contributed by atoms with van der Waals surface area (Å²) in [7, 11) is 0. The quantitative estimate of drug-likeness (QED) is 0.401. The van der Waals surface area contributed by atoms with Gasteiger partial charge in [0.1, 0.15) is 11.4 Å². The Kier molecular flexibility index (Phi) is 7.31. The molecular formula is C19H28IN5O. The highest BCUT2D eigenvalue weighted by Crippen LogP contribution is 2.39. The van der Waals surface area contributed by atoms with Gasteiger partial charge in [-0.3, -0.25) is 9.67 Å². The van der Waals surface area contributed by atoms with Gasteiger partial charge in [-0.15, -0.1) is 24.0 Å². The topological polar surface area (TPSA) is 63.5 Å². The first-order valence-electron chi connectivity index (χ1n) is 8.87. The molecule has 7 heteroatoms. The molecule has 0 saturated heterocycles. The maximum Gasteiger partial charge on any atom is 0.191 e. The van der Waals surface area contributed by atoms with Crippen molar-refractivity contribution in [2.45, 2.75) is 45.4 Å². The molecule has 2 aromatic rings. The number of halogens is 1. The van der Waals surface area contributed by atoms with Gasteiger partial charge in [-0.25, -0.2) is 0 Å². The van der Waals surface area contributed by atoms with Crippen molar-refractivity contribution in [3.8, 4) is 5.75 Å². The summed E-state index contributed by atoms with van der Waals surface area (Å²) in [5.41, 5.74) is 0.970. The number of aliphatic imine (C=N–C) groups is 1. The van der Waals surface area contributed by atoms with Gasteiger partial charge in [0, 0.05) is 30.9 Å². The van der Waals surface area contributed by atoms with Gasteiger partial charge in [-0.1, -0.05) is 18.2 Å². The Balaban J connectivity index is 0.00000243. The van der Waals surface area contributed by atoms with Crippen LogP contribution in [-0.4, -0.2) is 34.4 Å². The Morgan fingerprint density at radius 2 is 2.15 bits per heavy atom. The molecule has 0 radical (unpaired) electrons. The zero-order chi connectivity index (χ0) is 17.7. The molecule has 1 aromatic carbocycles. The number of fused-ring (bicyclic) bond motifs is 1. The molecule has 0 bridgehead atoms. The first-order chi connectivity index (χ1) is 12.1. The van der Waals surface area contributed by atoms with Crippen LogP contribution in [0.3, 0.4) is 0 Å². The Morgan fingerprint density at radius 3 is 2.88 bits per heavy atom. The second kappa shape index (κ2) is 9.25. The van der Waals surface area contributed by atoms with E-state index in [2.05, 4.69) is 48.6 Å². The molecule has 6 nitrogen and oxygen atoms in total. The number of ether oxygens (including phenoxy) is 1. The number of guanidine groups is 1. The number of para-hydroxylation sites is 1. The molecule has 0 spiro atoms. The van der Waals surface area contributed by atoms with E-state index in [0.717, 1.165) is 31.2 Å². The van der Waals surface area contributed by atoms with E-state index in [9.17, 15) is 0 Å². The van der Waals surface area contributed by atoms with Crippen molar-refractivity contribution < 1.29 is 4.74 Å². The molecule has 1 atom stereocenters. The van der Waals surface area contributed by atoms with Gasteiger partial charge in [-0.05, 0) is 32.9 Å². The van der Waals surface area contributed by atoms with Gasteiger partial charge in [0.25, 0.3) is 0 Å². The van der Waals surface area contributed by atoms with Crippen LogP contribution in [0.2, 0.25) is 0 Å². The second-order valence-corrected chi connectivity index (χ2v) is 6.83. The predicted octanol–water partition coefficient (Wildman–Crippen LogP) is 3.36. The van der Waals surface area contributed by atoms with Crippen LogP contribution < -0.4 is 15.4 Å². The van der Waals surface area contributed by atoms with Gasteiger partial charge in [0.2, 0.25) is 0 Å².